The Balaban J connectivity index is 1.78. The molecule has 2 heterocycles. The fraction of sp³-hybridized carbons (Fsp3) is 0.643. The first kappa shape index (κ1) is 15.0. The van der Waals surface area contributed by atoms with Gasteiger partial charge in [0.15, 0.2) is 0 Å². The van der Waals surface area contributed by atoms with Gasteiger partial charge in [0.1, 0.15) is 0 Å². The summed E-state index contributed by atoms with van der Waals surface area (Å²) >= 11 is 5.20. The van der Waals surface area contributed by atoms with E-state index < -0.39 is 0 Å². The van der Waals surface area contributed by atoms with Crippen LogP contribution in [0.3, 0.4) is 0 Å². The number of nitrogens with zero attached hydrogens (tertiary/aromatic N) is 2. The van der Waals surface area contributed by atoms with E-state index in [2.05, 4.69) is 39.9 Å². The summed E-state index contributed by atoms with van der Waals surface area (Å²) in [5.74, 6) is 1.04. The first-order valence-electron chi connectivity index (χ1n) is 6.75. The van der Waals surface area contributed by atoms with Crippen molar-refractivity contribution in [3.63, 3.8) is 0 Å². The smallest absolute Gasteiger partial charge is 0.236 e. The van der Waals surface area contributed by atoms with E-state index in [1.165, 1.54) is 4.88 Å². The second-order valence-electron chi connectivity index (χ2n) is 5.44. The second-order valence-corrected chi connectivity index (χ2v) is 7.99. The topological polar surface area (TPSA) is 23.6 Å². The van der Waals surface area contributed by atoms with Crippen LogP contribution >= 0.6 is 27.3 Å². The van der Waals surface area contributed by atoms with Gasteiger partial charge in [-0.3, -0.25) is 9.69 Å². The number of likely N-dealkylation sites (tertiary alicyclic amines) is 1. The maximum atomic E-state index is 12.2. The number of amides is 1. The zero-order chi connectivity index (χ0) is 13.8. The highest BCUT2D eigenvalue weighted by Gasteiger charge is 2.21. The van der Waals surface area contributed by atoms with Crippen molar-refractivity contribution in [1.82, 2.24) is 9.80 Å². The first-order chi connectivity index (χ1) is 9.04. The van der Waals surface area contributed by atoms with E-state index in [4.69, 9.17) is 0 Å². The van der Waals surface area contributed by atoms with Gasteiger partial charge in [0.05, 0.1) is 10.3 Å². The van der Waals surface area contributed by atoms with Gasteiger partial charge in [-0.15, -0.1) is 11.3 Å². The predicted molar refractivity (Wildman–Crippen MR) is 83.3 cm³/mol. The van der Waals surface area contributed by atoms with Crippen molar-refractivity contribution >= 4 is 33.2 Å². The number of carbonyl (C=O) groups is 1. The Morgan fingerprint density at radius 3 is 2.74 bits per heavy atom. The van der Waals surface area contributed by atoms with E-state index in [1.54, 1.807) is 11.3 Å². The molecular weight excluding hydrogens is 324 g/mol. The molecular formula is C14H21BrN2OS. The van der Waals surface area contributed by atoms with Crippen molar-refractivity contribution in [3.05, 3.63) is 20.8 Å². The van der Waals surface area contributed by atoms with Gasteiger partial charge in [-0.2, -0.15) is 0 Å². The summed E-state index contributed by atoms with van der Waals surface area (Å²) in [7, 11) is 2.01. The maximum absolute atomic E-state index is 12.2. The highest BCUT2D eigenvalue weighted by molar-refractivity contribution is 9.11. The van der Waals surface area contributed by atoms with E-state index in [0.29, 0.717) is 6.54 Å². The van der Waals surface area contributed by atoms with E-state index in [-0.39, 0.29) is 5.91 Å². The molecule has 1 saturated heterocycles. The molecule has 1 amide bonds. The number of hydrogen-bond donors (Lipinski definition) is 0. The summed E-state index contributed by atoms with van der Waals surface area (Å²) in [6, 6.07) is 4.17. The van der Waals surface area contributed by atoms with Crippen LogP contribution in [0.1, 0.15) is 24.6 Å². The highest BCUT2D eigenvalue weighted by Crippen LogP contribution is 2.23. The van der Waals surface area contributed by atoms with Crippen molar-refractivity contribution in [3.8, 4) is 0 Å². The summed E-state index contributed by atoms with van der Waals surface area (Å²) in [5, 5.41) is 0. The number of thiophene rings is 1. The molecule has 1 aromatic heterocycles. The minimum absolute atomic E-state index is 0.269. The first-order valence-corrected chi connectivity index (χ1v) is 8.36. The molecule has 0 saturated carbocycles. The molecule has 0 radical (unpaired) electrons. The van der Waals surface area contributed by atoms with Crippen LogP contribution in [0, 0.1) is 5.92 Å². The zero-order valence-electron chi connectivity index (χ0n) is 11.6. The molecule has 0 aromatic carbocycles. The van der Waals surface area contributed by atoms with Gasteiger partial charge < -0.3 is 4.90 Å². The SMILES string of the molecule is CC1CCN(C(=O)CN(C)Cc2ccc(Br)s2)CC1. The van der Waals surface area contributed by atoms with Crippen molar-refractivity contribution in [2.24, 2.45) is 5.92 Å². The lowest BCUT2D eigenvalue weighted by Gasteiger charge is -2.31. The van der Waals surface area contributed by atoms with Gasteiger partial charge in [0, 0.05) is 24.5 Å². The average Bonchev–Trinajstić information content (AvgIpc) is 2.75. The molecule has 2 rings (SSSR count). The molecule has 1 fully saturated rings. The van der Waals surface area contributed by atoms with Crippen molar-refractivity contribution in [2.45, 2.75) is 26.3 Å². The molecule has 0 unspecified atom stereocenters. The van der Waals surface area contributed by atoms with Gasteiger partial charge in [0.25, 0.3) is 0 Å². The van der Waals surface area contributed by atoms with E-state index in [1.807, 2.05) is 11.9 Å². The number of piperidine rings is 1. The van der Waals surface area contributed by atoms with Crippen LogP contribution in [0.5, 0.6) is 0 Å². The zero-order valence-corrected chi connectivity index (χ0v) is 14.0. The molecule has 0 atom stereocenters. The largest absolute Gasteiger partial charge is 0.342 e. The lowest BCUT2D eigenvalue weighted by molar-refractivity contribution is -0.133. The Morgan fingerprint density at radius 1 is 1.47 bits per heavy atom. The van der Waals surface area contributed by atoms with Crippen LogP contribution in [-0.4, -0.2) is 42.4 Å². The maximum Gasteiger partial charge on any atom is 0.236 e. The highest BCUT2D eigenvalue weighted by atomic mass is 79.9. The molecule has 0 bridgehead atoms. The number of carbonyl (C=O) groups excluding carboxylic acids is 1. The van der Waals surface area contributed by atoms with Crippen molar-refractivity contribution in [2.75, 3.05) is 26.7 Å². The average molecular weight is 345 g/mol. The molecule has 3 nitrogen and oxygen atoms in total. The fourth-order valence-corrected chi connectivity index (χ4v) is 3.91. The fourth-order valence-electron chi connectivity index (χ4n) is 2.35. The number of hydrogen-bond acceptors (Lipinski definition) is 3. The van der Waals surface area contributed by atoms with Crippen LogP contribution in [0.15, 0.2) is 15.9 Å². The lowest BCUT2D eigenvalue weighted by atomic mass is 9.99. The standard InChI is InChI=1S/C14H21BrN2OS/c1-11-5-7-17(8-6-11)14(18)10-16(2)9-12-3-4-13(15)19-12/h3-4,11H,5-10H2,1-2H3. The minimum Gasteiger partial charge on any atom is -0.342 e. The molecule has 5 heteroatoms. The molecule has 1 aliphatic heterocycles. The third-order valence-corrected chi connectivity index (χ3v) is 5.20. The third-order valence-electron chi connectivity index (χ3n) is 3.60. The molecule has 19 heavy (non-hydrogen) atoms. The van der Waals surface area contributed by atoms with Crippen LogP contribution in [0.4, 0.5) is 0 Å². The Bertz CT molecular complexity index is 427. The third kappa shape index (κ3) is 4.58. The van der Waals surface area contributed by atoms with Crippen molar-refractivity contribution in [1.29, 1.82) is 0 Å². The Labute approximate surface area is 127 Å². The molecule has 0 spiro atoms. The molecule has 1 aromatic rings. The molecule has 0 N–H and O–H groups in total. The number of likely N-dealkylation sites (N-methyl/N-ethyl adjacent to an activating group) is 1. The minimum atomic E-state index is 0.269. The van der Waals surface area contributed by atoms with E-state index >= 15 is 0 Å². The van der Waals surface area contributed by atoms with Crippen LogP contribution in [-0.2, 0) is 11.3 Å². The lowest BCUT2D eigenvalue weighted by Crippen LogP contribution is -2.42. The second kappa shape index (κ2) is 6.86. The number of rotatable bonds is 4. The van der Waals surface area contributed by atoms with Gasteiger partial charge in [-0.1, -0.05) is 6.92 Å². The van der Waals surface area contributed by atoms with Crippen LogP contribution in [0.2, 0.25) is 0 Å². The van der Waals surface area contributed by atoms with Crippen molar-refractivity contribution < 1.29 is 4.79 Å². The predicted octanol–water partition coefficient (Wildman–Crippen LogP) is 3.20. The summed E-state index contributed by atoms with van der Waals surface area (Å²) in [4.78, 5) is 17.6. The summed E-state index contributed by atoms with van der Waals surface area (Å²) in [5.41, 5.74) is 0. The van der Waals surface area contributed by atoms with E-state index in [9.17, 15) is 4.79 Å². The van der Waals surface area contributed by atoms with Gasteiger partial charge in [0.2, 0.25) is 5.91 Å². The monoisotopic (exact) mass is 344 g/mol. The summed E-state index contributed by atoms with van der Waals surface area (Å²) in [6.07, 6.45) is 2.29. The normalized spacial score (nSPS) is 17.2. The van der Waals surface area contributed by atoms with Gasteiger partial charge in [-0.25, -0.2) is 0 Å². The van der Waals surface area contributed by atoms with Crippen LogP contribution < -0.4 is 0 Å². The van der Waals surface area contributed by atoms with Crippen LogP contribution in [0.25, 0.3) is 0 Å². The summed E-state index contributed by atoms with van der Waals surface area (Å²) < 4.78 is 1.15. The van der Waals surface area contributed by atoms with Gasteiger partial charge >= 0.3 is 0 Å². The molecule has 106 valence electrons. The quantitative estimate of drug-likeness (QED) is 0.837. The molecule has 1 aliphatic rings. The van der Waals surface area contributed by atoms with Gasteiger partial charge in [-0.05, 0) is 53.9 Å². The Hall–Kier alpha value is -0.390. The Kier molecular flexibility index (Phi) is 5.42. The Morgan fingerprint density at radius 2 is 2.16 bits per heavy atom. The summed E-state index contributed by atoms with van der Waals surface area (Å²) in [6.45, 7) is 5.48. The van der Waals surface area contributed by atoms with E-state index in [0.717, 1.165) is 42.2 Å². The number of halogens is 1. The molecule has 0 aliphatic carbocycles.